The fraction of sp³-hybridized carbons (Fsp3) is 0.333. The monoisotopic (exact) mass is 250 g/mol. The number of primary amides is 1. The summed E-state index contributed by atoms with van der Waals surface area (Å²) >= 11 is 0. The van der Waals surface area contributed by atoms with Crippen molar-refractivity contribution in [3.8, 4) is 0 Å². The van der Waals surface area contributed by atoms with Gasteiger partial charge in [0.25, 0.3) is 5.91 Å². The molecule has 0 aliphatic carbocycles. The molecule has 0 spiro atoms. The van der Waals surface area contributed by atoms with E-state index in [2.05, 4.69) is 5.32 Å². The highest BCUT2D eigenvalue weighted by Crippen LogP contribution is 2.23. The van der Waals surface area contributed by atoms with Crippen molar-refractivity contribution in [3.05, 3.63) is 23.8 Å². The molecule has 18 heavy (non-hydrogen) atoms. The predicted octanol–water partition coefficient (Wildman–Crippen LogP) is -0.0600. The van der Waals surface area contributed by atoms with Gasteiger partial charge in [0.05, 0.1) is 17.8 Å². The van der Waals surface area contributed by atoms with Crippen LogP contribution in [0.3, 0.4) is 0 Å². The van der Waals surface area contributed by atoms with Crippen LogP contribution in [0.4, 0.5) is 11.4 Å². The van der Waals surface area contributed by atoms with Crippen molar-refractivity contribution < 1.29 is 9.59 Å². The molecule has 0 heterocycles. The van der Waals surface area contributed by atoms with Gasteiger partial charge in [-0.05, 0) is 25.1 Å². The summed E-state index contributed by atoms with van der Waals surface area (Å²) in [5, 5.41) is 2.53. The number of carbonyl (C=O) groups excluding carboxylic acids is 2. The molecule has 1 rings (SSSR count). The second-order valence-corrected chi connectivity index (χ2v) is 3.83. The second-order valence-electron chi connectivity index (χ2n) is 3.83. The highest BCUT2D eigenvalue weighted by molar-refractivity contribution is 6.00. The van der Waals surface area contributed by atoms with Gasteiger partial charge in [0.1, 0.15) is 0 Å². The lowest BCUT2D eigenvalue weighted by Gasteiger charge is -2.24. The highest BCUT2D eigenvalue weighted by Gasteiger charge is 2.16. The summed E-state index contributed by atoms with van der Waals surface area (Å²) in [5.74, 6) is -0.685. The van der Waals surface area contributed by atoms with E-state index in [0.29, 0.717) is 23.5 Å². The van der Waals surface area contributed by atoms with Gasteiger partial charge in [0, 0.05) is 19.3 Å². The number of hydrogen-bond acceptors (Lipinski definition) is 4. The van der Waals surface area contributed by atoms with Crippen molar-refractivity contribution in [2.24, 2.45) is 5.73 Å². The van der Waals surface area contributed by atoms with Crippen LogP contribution in [0.25, 0.3) is 0 Å². The number of rotatable bonds is 5. The lowest BCUT2D eigenvalue weighted by atomic mass is 10.1. The lowest BCUT2D eigenvalue weighted by molar-refractivity contribution is -0.119. The summed E-state index contributed by atoms with van der Waals surface area (Å²) in [6.07, 6.45) is 0. The van der Waals surface area contributed by atoms with Crippen LogP contribution in [0.5, 0.6) is 0 Å². The molecule has 0 saturated heterocycles. The molecule has 98 valence electrons. The van der Waals surface area contributed by atoms with E-state index in [0.717, 1.165) is 0 Å². The van der Waals surface area contributed by atoms with Gasteiger partial charge in [-0.25, -0.2) is 0 Å². The lowest BCUT2D eigenvalue weighted by Crippen LogP contribution is -2.36. The summed E-state index contributed by atoms with van der Waals surface area (Å²) in [6, 6.07) is 4.82. The minimum atomic E-state index is -0.541. The molecule has 0 radical (unpaired) electrons. The number of benzene rings is 1. The average molecular weight is 250 g/mol. The number of nitrogens with one attached hydrogen (secondary N) is 1. The molecule has 0 aliphatic rings. The van der Waals surface area contributed by atoms with Gasteiger partial charge < -0.3 is 21.7 Å². The minimum Gasteiger partial charge on any atom is -0.399 e. The maximum absolute atomic E-state index is 11.4. The molecule has 6 heteroatoms. The van der Waals surface area contributed by atoms with Crippen molar-refractivity contribution in [1.29, 1.82) is 0 Å². The van der Waals surface area contributed by atoms with Gasteiger partial charge in [-0.3, -0.25) is 9.59 Å². The molecule has 0 aliphatic heterocycles. The summed E-state index contributed by atoms with van der Waals surface area (Å²) < 4.78 is 0. The Balaban J connectivity index is 3.14. The Kier molecular flexibility index (Phi) is 4.53. The number of likely N-dealkylation sites (N-methyl/N-ethyl adjacent to an activating group) is 2. The Labute approximate surface area is 106 Å². The Morgan fingerprint density at radius 2 is 2.06 bits per heavy atom. The van der Waals surface area contributed by atoms with Gasteiger partial charge >= 0.3 is 0 Å². The number of nitrogens with zero attached hydrogens (tertiary/aromatic N) is 1. The smallest absolute Gasteiger partial charge is 0.250 e. The van der Waals surface area contributed by atoms with Crippen LogP contribution in [0, 0.1) is 0 Å². The van der Waals surface area contributed by atoms with E-state index < -0.39 is 5.91 Å². The van der Waals surface area contributed by atoms with Crippen LogP contribution in [-0.4, -0.2) is 32.0 Å². The Bertz CT molecular complexity index is 459. The molecule has 5 N–H and O–H groups in total. The van der Waals surface area contributed by atoms with E-state index in [1.807, 2.05) is 6.92 Å². The van der Waals surface area contributed by atoms with Crippen molar-refractivity contribution in [2.45, 2.75) is 6.92 Å². The zero-order valence-corrected chi connectivity index (χ0v) is 10.6. The summed E-state index contributed by atoms with van der Waals surface area (Å²) in [5.41, 5.74) is 12.5. The van der Waals surface area contributed by atoms with Crippen LogP contribution >= 0.6 is 0 Å². The van der Waals surface area contributed by atoms with Crippen LogP contribution in [-0.2, 0) is 4.79 Å². The fourth-order valence-electron chi connectivity index (χ4n) is 1.64. The quantitative estimate of drug-likeness (QED) is 0.637. The predicted molar refractivity (Wildman–Crippen MR) is 71.3 cm³/mol. The summed E-state index contributed by atoms with van der Waals surface area (Å²) in [7, 11) is 1.56. The first kappa shape index (κ1) is 13.8. The van der Waals surface area contributed by atoms with E-state index in [9.17, 15) is 9.59 Å². The van der Waals surface area contributed by atoms with Gasteiger partial charge in [0.2, 0.25) is 5.91 Å². The van der Waals surface area contributed by atoms with Crippen LogP contribution < -0.4 is 21.7 Å². The molecular formula is C12H18N4O2. The van der Waals surface area contributed by atoms with Gasteiger partial charge in [-0.15, -0.1) is 0 Å². The third-order valence-electron chi connectivity index (χ3n) is 2.62. The van der Waals surface area contributed by atoms with Gasteiger partial charge in [-0.2, -0.15) is 0 Å². The highest BCUT2D eigenvalue weighted by atomic mass is 16.2. The number of nitrogen functional groups attached to an aromatic ring is 1. The number of anilines is 2. The van der Waals surface area contributed by atoms with Gasteiger partial charge in [-0.1, -0.05) is 0 Å². The van der Waals surface area contributed by atoms with Crippen molar-refractivity contribution in [1.82, 2.24) is 5.32 Å². The molecule has 0 saturated carbocycles. The zero-order chi connectivity index (χ0) is 13.7. The van der Waals surface area contributed by atoms with E-state index in [1.165, 1.54) is 0 Å². The molecule has 0 bridgehead atoms. The molecule has 1 aromatic carbocycles. The molecule has 6 nitrogen and oxygen atoms in total. The van der Waals surface area contributed by atoms with Crippen LogP contribution in [0.1, 0.15) is 17.3 Å². The summed E-state index contributed by atoms with van der Waals surface area (Å²) in [4.78, 5) is 24.5. The van der Waals surface area contributed by atoms with Crippen molar-refractivity contribution in [3.63, 3.8) is 0 Å². The topological polar surface area (TPSA) is 101 Å². The van der Waals surface area contributed by atoms with Crippen molar-refractivity contribution in [2.75, 3.05) is 30.8 Å². The number of hydrogen-bond donors (Lipinski definition) is 3. The Morgan fingerprint density at radius 3 is 2.56 bits per heavy atom. The maximum Gasteiger partial charge on any atom is 0.250 e. The second kappa shape index (κ2) is 5.90. The first-order valence-corrected chi connectivity index (χ1v) is 5.64. The Morgan fingerprint density at radius 1 is 1.39 bits per heavy atom. The van der Waals surface area contributed by atoms with E-state index >= 15 is 0 Å². The molecule has 0 fully saturated rings. The summed E-state index contributed by atoms with van der Waals surface area (Å²) in [6.45, 7) is 2.60. The molecule has 0 aromatic heterocycles. The van der Waals surface area contributed by atoms with E-state index in [-0.39, 0.29) is 12.5 Å². The normalized spacial score (nSPS) is 9.89. The third kappa shape index (κ3) is 3.13. The minimum absolute atomic E-state index is 0.144. The van der Waals surface area contributed by atoms with Gasteiger partial charge in [0.15, 0.2) is 0 Å². The third-order valence-corrected chi connectivity index (χ3v) is 2.62. The number of nitrogens with two attached hydrogens (primary N) is 2. The van der Waals surface area contributed by atoms with Crippen LogP contribution in [0.15, 0.2) is 18.2 Å². The largest absolute Gasteiger partial charge is 0.399 e. The molecular weight excluding hydrogens is 232 g/mol. The zero-order valence-electron chi connectivity index (χ0n) is 10.6. The van der Waals surface area contributed by atoms with E-state index in [4.69, 9.17) is 11.5 Å². The number of carbonyl (C=O) groups is 2. The molecule has 0 unspecified atom stereocenters. The average Bonchev–Trinajstić information content (AvgIpc) is 2.35. The first-order chi connectivity index (χ1) is 8.49. The molecule has 2 amide bonds. The van der Waals surface area contributed by atoms with E-state index in [1.54, 1.807) is 30.1 Å². The SMILES string of the molecule is CCN(CC(=O)NC)c1cc(N)ccc1C(N)=O. The fourth-order valence-corrected chi connectivity index (χ4v) is 1.64. The number of amides is 2. The maximum atomic E-state index is 11.4. The molecule has 0 atom stereocenters. The van der Waals surface area contributed by atoms with Crippen LogP contribution in [0.2, 0.25) is 0 Å². The Hall–Kier alpha value is -2.24. The van der Waals surface area contributed by atoms with Crippen molar-refractivity contribution >= 4 is 23.2 Å². The molecule has 1 aromatic rings. The standard InChI is InChI=1S/C12H18N4O2/c1-3-16(7-11(17)15-2)10-6-8(13)4-5-9(10)12(14)18/h4-6H,3,7,13H2,1-2H3,(H2,14,18)(H,15,17). The first-order valence-electron chi connectivity index (χ1n) is 5.64.